The molecule has 0 aromatic carbocycles. The topological polar surface area (TPSA) is 142 Å². The van der Waals surface area contributed by atoms with Crippen LogP contribution in [-0.2, 0) is 4.79 Å². The lowest BCUT2D eigenvalue weighted by atomic mass is 9.96. The second-order valence-electron chi connectivity index (χ2n) is 9.82. The number of fused-ring (bicyclic) bond motifs is 1. The molecule has 5 heterocycles. The van der Waals surface area contributed by atoms with Crippen molar-refractivity contribution in [1.29, 1.82) is 0 Å². The number of anilines is 2. The van der Waals surface area contributed by atoms with Crippen molar-refractivity contribution < 1.29 is 14.3 Å². The van der Waals surface area contributed by atoms with Crippen molar-refractivity contribution in [3.63, 3.8) is 0 Å². The predicted molar refractivity (Wildman–Crippen MR) is 134 cm³/mol. The van der Waals surface area contributed by atoms with Crippen LogP contribution in [0.4, 0.5) is 11.9 Å². The number of aromatic nitrogens is 5. The molecule has 0 radical (unpaired) electrons. The molecule has 3 N–H and O–H groups in total. The molecule has 194 valence electrons. The highest BCUT2D eigenvalue weighted by atomic mass is 16.3. The van der Waals surface area contributed by atoms with Crippen molar-refractivity contribution in [3.05, 3.63) is 17.9 Å². The zero-order valence-corrected chi connectivity index (χ0v) is 21.2. The van der Waals surface area contributed by atoms with Gasteiger partial charge in [-0.3, -0.25) is 9.69 Å². The van der Waals surface area contributed by atoms with E-state index in [0.29, 0.717) is 49.5 Å². The van der Waals surface area contributed by atoms with E-state index in [1.54, 1.807) is 6.07 Å². The van der Waals surface area contributed by atoms with E-state index in [1.165, 1.54) is 4.52 Å². The Kier molecular flexibility index (Phi) is 6.56. The number of carbonyl (C=O) groups is 1. The van der Waals surface area contributed by atoms with Gasteiger partial charge in [-0.15, -0.1) is 5.10 Å². The summed E-state index contributed by atoms with van der Waals surface area (Å²) in [7, 11) is 0. The maximum Gasteiger partial charge on any atom is 0.259 e. The number of aryl methyl sites for hydroxylation is 1. The molecule has 5 rings (SSSR count). The largest absolute Gasteiger partial charge is 0.458 e. The third-order valence-corrected chi connectivity index (χ3v) is 7.50. The molecule has 2 aliphatic rings. The van der Waals surface area contributed by atoms with Gasteiger partial charge in [0.25, 0.3) is 5.78 Å². The minimum Gasteiger partial charge on any atom is -0.458 e. The maximum absolute atomic E-state index is 13.5. The normalized spacial score (nSPS) is 19.5. The van der Waals surface area contributed by atoms with Gasteiger partial charge in [0.15, 0.2) is 5.76 Å². The summed E-state index contributed by atoms with van der Waals surface area (Å²) in [4.78, 5) is 33.2. The quantitative estimate of drug-likeness (QED) is 0.491. The molecule has 36 heavy (non-hydrogen) atoms. The molecule has 0 bridgehead atoms. The molecule has 2 fully saturated rings. The van der Waals surface area contributed by atoms with Gasteiger partial charge in [-0.2, -0.15) is 19.5 Å². The fourth-order valence-corrected chi connectivity index (χ4v) is 5.07. The Bertz CT molecular complexity index is 1230. The van der Waals surface area contributed by atoms with Crippen LogP contribution in [0.2, 0.25) is 0 Å². The molecule has 1 amide bonds. The predicted octanol–water partition coefficient (Wildman–Crippen LogP) is 1.33. The third kappa shape index (κ3) is 4.62. The summed E-state index contributed by atoms with van der Waals surface area (Å²) in [6.07, 6.45) is 3.06. The van der Waals surface area contributed by atoms with Crippen LogP contribution in [0.25, 0.3) is 17.4 Å². The number of nitrogens with two attached hydrogens (primary N) is 1. The first-order chi connectivity index (χ1) is 17.3. The number of amides is 1. The van der Waals surface area contributed by atoms with Crippen molar-refractivity contribution >= 4 is 23.6 Å². The van der Waals surface area contributed by atoms with Crippen LogP contribution in [0.5, 0.6) is 0 Å². The lowest BCUT2D eigenvalue weighted by Crippen LogP contribution is -2.56. The average Bonchev–Trinajstić information content (AvgIpc) is 3.63. The van der Waals surface area contributed by atoms with Crippen molar-refractivity contribution in [3.8, 4) is 11.6 Å². The van der Waals surface area contributed by atoms with Gasteiger partial charge in [-0.1, -0.05) is 13.8 Å². The molecule has 0 unspecified atom stereocenters. The van der Waals surface area contributed by atoms with E-state index < -0.39 is 5.60 Å². The van der Waals surface area contributed by atoms with E-state index in [1.807, 2.05) is 36.6 Å². The standard InChI is InChI=1S/C24H35N9O3/c1-4-24(35,5-2)15-30-11-13-31(14-12-30)20(34)17-7-6-10-32(17)22-27-21(25)33-23(28-22)26-19(29-33)18-9-8-16(3)36-18/h8-9,17,35H,4-7,10-15H2,1-3H3,(H2,25,26,27,28,29)/t17-/m0/s1. The molecule has 2 saturated heterocycles. The Balaban J connectivity index is 1.30. The third-order valence-electron chi connectivity index (χ3n) is 7.50. The summed E-state index contributed by atoms with van der Waals surface area (Å²) >= 11 is 0. The Labute approximate surface area is 210 Å². The minimum absolute atomic E-state index is 0.0867. The van der Waals surface area contributed by atoms with Crippen molar-refractivity contribution in [2.45, 2.75) is 58.1 Å². The van der Waals surface area contributed by atoms with Gasteiger partial charge >= 0.3 is 0 Å². The van der Waals surface area contributed by atoms with Gasteiger partial charge in [0.05, 0.1) is 5.60 Å². The molecule has 0 spiro atoms. The van der Waals surface area contributed by atoms with Crippen LogP contribution in [0, 0.1) is 6.92 Å². The lowest BCUT2D eigenvalue weighted by molar-refractivity contribution is -0.134. The number of piperazine rings is 1. The summed E-state index contributed by atoms with van der Waals surface area (Å²) in [5.74, 6) is 2.61. The van der Waals surface area contributed by atoms with E-state index in [9.17, 15) is 9.90 Å². The molecule has 3 aromatic rings. The van der Waals surface area contributed by atoms with E-state index in [2.05, 4.69) is 25.0 Å². The highest BCUT2D eigenvalue weighted by Gasteiger charge is 2.37. The average molecular weight is 498 g/mol. The summed E-state index contributed by atoms with van der Waals surface area (Å²) in [5, 5.41) is 15.1. The number of carbonyl (C=O) groups excluding carboxylic acids is 1. The van der Waals surface area contributed by atoms with Crippen LogP contribution in [-0.4, -0.2) is 96.3 Å². The number of nitrogens with zero attached hydrogens (tertiary/aromatic N) is 8. The van der Waals surface area contributed by atoms with Crippen LogP contribution in [0.1, 0.15) is 45.3 Å². The Hall–Kier alpha value is -3.25. The zero-order chi connectivity index (χ0) is 25.4. The van der Waals surface area contributed by atoms with Gasteiger partial charge in [0, 0.05) is 39.3 Å². The fourth-order valence-electron chi connectivity index (χ4n) is 5.07. The van der Waals surface area contributed by atoms with Crippen LogP contribution >= 0.6 is 0 Å². The molecule has 2 aliphatic heterocycles. The first kappa shape index (κ1) is 24.4. The number of hydrogen-bond donors (Lipinski definition) is 2. The van der Waals surface area contributed by atoms with E-state index in [-0.39, 0.29) is 17.9 Å². The summed E-state index contributed by atoms with van der Waals surface area (Å²) in [6.45, 7) is 10.00. The van der Waals surface area contributed by atoms with Gasteiger partial charge < -0.3 is 25.1 Å². The van der Waals surface area contributed by atoms with E-state index in [4.69, 9.17) is 10.2 Å². The monoisotopic (exact) mass is 497 g/mol. The summed E-state index contributed by atoms with van der Waals surface area (Å²) < 4.78 is 7.01. The Morgan fingerprint density at radius 2 is 1.89 bits per heavy atom. The second kappa shape index (κ2) is 9.66. The molecule has 0 aliphatic carbocycles. The second-order valence-corrected chi connectivity index (χ2v) is 9.82. The summed E-state index contributed by atoms with van der Waals surface area (Å²) in [6, 6.07) is 3.31. The number of β-amino-alcohol motifs (C(OH)–C–C–N with tert-alkyl or cyclic N) is 1. The first-order valence-electron chi connectivity index (χ1n) is 12.8. The highest BCUT2D eigenvalue weighted by molar-refractivity contribution is 5.85. The molecular weight excluding hydrogens is 462 g/mol. The van der Waals surface area contributed by atoms with Crippen LogP contribution in [0.15, 0.2) is 16.5 Å². The molecule has 0 saturated carbocycles. The molecular formula is C24H35N9O3. The van der Waals surface area contributed by atoms with Gasteiger partial charge in [-0.05, 0) is 44.7 Å². The van der Waals surface area contributed by atoms with Crippen molar-refractivity contribution in [1.82, 2.24) is 34.4 Å². The number of hydrogen-bond acceptors (Lipinski definition) is 10. The van der Waals surface area contributed by atoms with Crippen molar-refractivity contribution in [2.24, 2.45) is 0 Å². The van der Waals surface area contributed by atoms with Crippen molar-refractivity contribution in [2.75, 3.05) is 49.9 Å². The maximum atomic E-state index is 13.5. The zero-order valence-electron chi connectivity index (χ0n) is 21.2. The number of nitrogen functional groups attached to an aromatic ring is 1. The van der Waals surface area contributed by atoms with E-state index in [0.717, 1.165) is 44.5 Å². The number of rotatable bonds is 7. The van der Waals surface area contributed by atoms with Gasteiger partial charge in [0.2, 0.25) is 23.6 Å². The number of furan rings is 1. The van der Waals surface area contributed by atoms with Crippen LogP contribution < -0.4 is 10.6 Å². The van der Waals surface area contributed by atoms with Gasteiger partial charge in [-0.25, -0.2) is 0 Å². The Morgan fingerprint density at radius 3 is 2.56 bits per heavy atom. The smallest absolute Gasteiger partial charge is 0.259 e. The molecule has 1 atom stereocenters. The molecule has 3 aromatic heterocycles. The Morgan fingerprint density at radius 1 is 1.14 bits per heavy atom. The minimum atomic E-state index is -0.665. The van der Waals surface area contributed by atoms with E-state index >= 15 is 0 Å². The lowest BCUT2D eigenvalue weighted by Gasteiger charge is -2.40. The number of aliphatic hydroxyl groups is 1. The SMILES string of the molecule is CCC(O)(CC)CN1CCN(C(=O)[C@@H]2CCCN2c2nc(N)n3nc(-c4ccc(C)o4)nc3n2)CC1. The first-order valence-corrected chi connectivity index (χ1v) is 12.8. The van der Waals surface area contributed by atoms with Crippen LogP contribution in [0.3, 0.4) is 0 Å². The summed E-state index contributed by atoms with van der Waals surface area (Å²) in [5.41, 5.74) is 5.54. The fraction of sp³-hybridized carbons (Fsp3) is 0.625. The van der Waals surface area contributed by atoms with Gasteiger partial charge in [0.1, 0.15) is 11.8 Å². The molecule has 12 nitrogen and oxygen atoms in total. The highest BCUT2D eigenvalue weighted by Crippen LogP contribution is 2.27. The molecule has 12 heteroatoms.